The third-order valence-electron chi connectivity index (χ3n) is 2.36. The number of aromatic nitrogens is 1. The molecule has 0 aromatic carbocycles. The van der Waals surface area contributed by atoms with Crippen LogP contribution in [0, 0.1) is 6.92 Å². The van der Waals surface area contributed by atoms with Crippen molar-refractivity contribution in [1.82, 2.24) is 9.88 Å². The van der Waals surface area contributed by atoms with Crippen LogP contribution in [0.5, 0.6) is 0 Å². The standard InChI is InChI=1S/C11H18N2O2S/c1-4-13(6-5-11(14)15-3)7-10-8-16-9(2)12-10/h8H,4-7H2,1-3H3. The lowest BCUT2D eigenvalue weighted by molar-refractivity contribution is -0.141. The van der Waals surface area contributed by atoms with E-state index >= 15 is 0 Å². The molecule has 0 fully saturated rings. The van der Waals surface area contributed by atoms with Gasteiger partial charge in [0.05, 0.1) is 24.2 Å². The fraction of sp³-hybridized carbons (Fsp3) is 0.636. The van der Waals surface area contributed by atoms with Crippen LogP contribution in [0.4, 0.5) is 0 Å². The number of methoxy groups -OCH3 is 1. The maximum atomic E-state index is 11.0. The minimum absolute atomic E-state index is 0.159. The molecular formula is C11H18N2O2S. The van der Waals surface area contributed by atoms with Crippen LogP contribution in [-0.4, -0.2) is 36.1 Å². The van der Waals surface area contributed by atoms with Gasteiger partial charge in [0, 0.05) is 18.5 Å². The molecule has 0 atom stereocenters. The van der Waals surface area contributed by atoms with E-state index in [1.165, 1.54) is 7.11 Å². The first-order valence-corrected chi connectivity index (χ1v) is 6.23. The van der Waals surface area contributed by atoms with Crippen LogP contribution in [-0.2, 0) is 16.1 Å². The highest BCUT2D eigenvalue weighted by atomic mass is 32.1. The summed E-state index contributed by atoms with van der Waals surface area (Å²) < 4.78 is 4.62. The Morgan fingerprint density at radius 3 is 2.88 bits per heavy atom. The van der Waals surface area contributed by atoms with Crippen molar-refractivity contribution >= 4 is 17.3 Å². The van der Waals surface area contributed by atoms with Crippen LogP contribution in [0.2, 0.25) is 0 Å². The summed E-state index contributed by atoms with van der Waals surface area (Å²) in [5.41, 5.74) is 1.08. The maximum Gasteiger partial charge on any atom is 0.306 e. The number of thiazole rings is 1. The number of ether oxygens (including phenoxy) is 1. The van der Waals surface area contributed by atoms with E-state index in [9.17, 15) is 4.79 Å². The van der Waals surface area contributed by atoms with E-state index in [0.29, 0.717) is 6.42 Å². The van der Waals surface area contributed by atoms with Crippen molar-refractivity contribution in [3.05, 3.63) is 16.1 Å². The van der Waals surface area contributed by atoms with E-state index in [1.54, 1.807) is 11.3 Å². The number of hydrogen-bond donors (Lipinski definition) is 0. The Balaban J connectivity index is 2.40. The molecule has 0 aliphatic rings. The van der Waals surface area contributed by atoms with Gasteiger partial charge in [-0.3, -0.25) is 9.69 Å². The highest BCUT2D eigenvalue weighted by Crippen LogP contribution is 2.10. The topological polar surface area (TPSA) is 42.4 Å². The SMILES string of the molecule is CCN(CCC(=O)OC)Cc1csc(C)n1. The van der Waals surface area contributed by atoms with E-state index in [4.69, 9.17) is 0 Å². The number of rotatable bonds is 6. The highest BCUT2D eigenvalue weighted by Gasteiger charge is 2.08. The van der Waals surface area contributed by atoms with Crippen LogP contribution in [0.3, 0.4) is 0 Å². The molecule has 0 amide bonds. The summed E-state index contributed by atoms with van der Waals surface area (Å²) in [7, 11) is 1.42. The number of carbonyl (C=O) groups excluding carboxylic acids is 1. The predicted octanol–water partition coefficient (Wildman–Crippen LogP) is 1.84. The van der Waals surface area contributed by atoms with Gasteiger partial charge in [0.1, 0.15) is 0 Å². The molecule has 0 aliphatic heterocycles. The number of hydrogen-bond acceptors (Lipinski definition) is 5. The smallest absolute Gasteiger partial charge is 0.306 e. The molecule has 0 saturated carbocycles. The molecule has 1 rings (SSSR count). The largest absolute Gasteiger partial charge is 0.469 e. The molecule has 5 heteroatoms. The van der Waals surface area contributed by atoms with Crippen molar-refractivity contribution in [3.8, 4) is 0 Å². The minimum atomic E-state index is -0.159. The fourth-order valence-corrected chi connectivity index (χ4v) is 2.01. The maximum absolute atomic E-state index is 11.0. The zero-order valence-electron chi connectivity index (χ0n) is 10.0. The van der Waals surface area contributed by atoms with Gasteiger partial charge in [-0.1, -0.05) is 6.92 Å². The zero-order chi connectivity index (χ0) is 12.0. The van der Waals surface area contributed by atoms with Crippen molar-refractivity contribution in [1.29, 1.82) is 0 Å². The molecule has 0 saturated heterocycles. The van der Waals surface area contributed by atoms with Gasteiger partial charge in [-0.15, -0.1) is 11.3 Å². The minimum Gasteiger partial charge on any atom is -0.469 e. The van der Waals surface area contributed by atoms with E-state index < -0.39 is 0 Å². The lowest BCUT2D eigenvalue weighted by atomic mass is 10.3. The molecule has 0 spiro atoms. The van der Waals surface area contributed by atoms with Crippen molar-refractivity contribution in [3.63, 3.8) is 0 Å². The van der Waals surface area contributed by atoms with Gasteiger partial charge in [0.25, 0.3) is 0 Å². The predicted molar refractivity (Wildman–Crippen MR) is 64.4 cm³/mol. The lowest BCUT2D eigenvalue weighted by Crippen LogP contribution is -2.26. The molecule has 90 valence electrons. The van der Waals surface area contributed by atoms with E-state index in [1.807, 2.05) is 6.92 Å². The van der Waals surface area contributed by atoms with Crippen LogP contribution in [0.1, 0.15) is 24.0 Å². The Kier molecular flexibility index (Phi) is 5.42. The summed E-state index contributed by atoms with van der Waals surface area (Å²) in [6, 6.07) is 0. The van der Waals surface area contributed by atoms with E-state index in [-0.39, 0.29) is 5.97 Å². The number of esters is 1. The Bertz CT molecular complexity index is 338. The van der Waals surface area contributed by atoms with Crippen molar-refractivity contribution in [2.45, 2.75) is 26.8 Å². The van der Waals surface area contributed by atoms with Gasteiger partial charge >= 0.3 is 5.97 Å². The summed E-state index contributed by atoms with van der Waals surface area (Å²) in [6.07, 6.45) is 0.438. The Morgan fingerprint density at radius 2 is 2.38 bits per heavy atom. The summed E-state index contributed by atoms with van der Waals surface area (Å²) >= 11 is 1.66. The molecule has 1 heterocycles. The fourth-order valence-electron chi connectivity index (χ4n) is 1.41. The monoisotopic (exact) mass is 242 g/mol. The van der Waals surface area contributed by atoms with E-state index in [2.05, 4.69) is 26.9 Å². The third kappa shape index (κ3) is 4.28. The van der Waals surface area contributed by atoms with Crippen LogP contribution in [0.25, 0.3) is 0 Å². The summed E-state index contributed by atoms with van der Waals surface area (Å²) in [5, 5.41) is 3.15. The van der Waals surface area contributed by atoms with Gasteiger partial charge < -0.3 is 4.74 Å². The number of aryl methyl sites for hydroxylation is 1. The first-order valence-electron chi connectivity index (χ1n) is 5.36. The number of nitrogens with zero attached hydrogens (tertiary/aromatic N) is 2. The first-order chi connectivity index (χ1) is 7.65. The Labute approximate surface area is 100 Å². The molecule has 0 bridgehead atoms. The molecule has 0 radical (unpaired) electrons. The van der Waals surface area contributed by atoms with Gasteiger partial charge in [0.2, 0.25) is 0 Å². The van der Waals surface area contributed by atoms with Gasteiger partial charge in [-0.25, -0.2) is 4.98 Å². The molecule has 0 unspecified atom stereocenters. The second-order valence-corrected chi connectivity index (χ2v) is 4.61. The molecule has 0 N–H and O–H groups in total. The van der Waals surface area contributed by atoms with Crippen molar-refractivity contribution in [2.75, 3.05) is 20.2 Å². The quantitative estimate of drug-likeness (QED) is 0.714. The summed E-state index contributed by atoms with van der Waals surface area (Å²) in [4.78, 5) is 17.6. The second-order valence-electron chi connectivity index (χ2n) is 3.55. The molecule has 1 aromatic rings. The second kappa shape index (κ2) is 6.60. The third-order valence-corrected chi connectivity index (χ3v) is 3.18. The number of carbonyl (C=O) groups is 1. The summed E-state index contributed by atoms with van der Waals surface area (Å²) in [6.45, 7) is 6.51. The van der Waals surface area contributed by atoms with Crippen LogP contribution >= 0.6 is 11.3 Å². The van der Waals surface area contributed by atoms with Crippen molar-refractivity contribution < 1.29 is 9.53 Å². The average Bonchev–Trinajstić information content (AvgIpc) is 2.69. The molecule has 4 nitrogen and oxygen atoms in total. The lowest BCUT2D eigenvalue weighted by Gasteiger charge is -2.18. The highest BCUT2D eigenvalue weighted by molar-refractivity contribution is 7.09. The van der Waals surface area contributed by atoms with Crippen LogP contribution < -0.4 is 0 Å². The normalized spacial score (nSPS) is 10.8. The molecule has 0 aliphatic carbocycles. The van der Waals surface area contributed by atoms with Gasteiger partial charge in [-0.2, -0.15) is 0 Å². The average molecular weight is 242 g/mol. The molecular weight excluding hydrogens is 224 g/mol. The van der Waals surface area contributed by atoms with E-state index in [0.717, 1.165) is 30.3 Å². The first kappa shape index (κ1) is 13.1. The summed E-state index contributed by atoms with van der Waals surface area (Å²) in [5.74, 6) is -0.159. The van der Waals surface area contributed by atoms with Crippen molar-refractivity contribution in [2.24, 2.45) is 0 Å². The van der Waals surface area contributed by atoms with Gasteiger partial charge in [0.15, 0.2) is 0 Å². The Hall–Kier alpha value is -0.940. The van der Waals surface area contributed by atoms with Gasteiger partial charge in [-0.05, 0) is 13.5 Å². The molecule has 1 aromatic heterocycles. The van der Waals surface area contributed by atoms with Crippen LogP contribution in [0.15, 0.2) is 5.38 Å². The zero-order valence-corrected chi connectivity index (χ0v) is 10.8. The molecule has 16 heavy (non-hydrogen) atoms. The Morgan fingerprint density at radius 1 is 1.62 bits per heavy atom.